The van der Waals surface area contributed by atoms with E-state index in [9.17, 15) is 0 Å². The first-order valence-electron chi connectivity index (χ1n) is 11.1. The van der Waals surface area contributed by atoms with Gasteiger partial charge in [0.25, 0.3) is 0 Å². The van der Waals surface area contributed by atoms with Gasteiger partial charge in [0.2, 0.25) is 0 Å². The molecule has 0 aromatic heterocycles. The molecule has 0 radical (unpaired) electrons. The Labute approximate surface area is 161 Å². The summed E-state index contributed by atoms with van der Waals surface area (Å²) in [6.07, 6.45) is 23.4. The lowest BCUT2D eigenvalue weighted by Crippen LogP contribution is -2.25. The Morgan fingerprint density at radius 2 is 1.35 bits per heavy atom. The van der Waals surface area contributed by atoms with Crippen molar-refractivity contribution in [2.45, 2.75) is 84.0 Å². The van der Waals surface area contributed by atoms with Crippen molar-refractivity contribution in [2.24, 2.45) is 17.8 Å². The molecule has 142 valence electrons. The zero-order chi connectivity index (χ0) is 18.2. The number of aryl methyl sites for hydroxylation is 1. The Morgan fingerprint density at radius 3 is 1.96 bits per heavy atom. The Kier molecular flexibility index (Phi) is 7.59. The molecule has 0 nitrogen and oxygen atoms in total. The molecule has 0 heterocycles. The fourth-order valence-corrected chi connectivity index (χ4v) is 5.22. The van der Waals surface area contributed by atoms with Crippen LogP contribution in [0.4, 0.5) is 0 Å². The molecule has 0 unspecified atom stereocenters. The first-order chi connectivity index (χ1) is 12.8. The quantitative estimate of drug-likeness (QED) is 0.360. The van der Waals surface area contributed by atoms with Gasteiger partial charge in [0, 0.05) is 0 Å². The van der Waals surface area contributed by atoms with E-state index in [1.165, 1.54) is 69.8 Å². The van der Waals surface area contributed by atoms with Crippen LogP contribution in [0.2, 0.25) is 0 Å². The summed E-state index contributed by atoms with van der Waals surface area (Å²) in [5.74, 6) is 3.71. The Hall–Kier alpha value is -1.30. The van der Waals surface area contributed by atoms with Gasteiger partial charge in [-0.2, -0.15) is 0 Å². The summed E-state index contributed by atoms with van der Waals surface area (Å²) in [5.41, 5.74) is 2.97. The first kappa shape index (κ1) is 19.5. The largest absolute Gasteiger partial charge is 0.0917 e. The highest BCUT2D eigenvalue weighted by Crippen LogP contribution is 2.44. The molecule has 3 rings (SSSR count). The molecule has 0 saturated heterocycles. The van der Waals surface area contributed by atoms with Crippen molar-refractivity contribution < 1.29 is 0 Å². The number of hydrogen-bond acceptors (Lipinski definition) is 0. The minimum absolute atomic E-state index is 0.822. The lowest BCUT2D eigenvalue weighted by atomic mass is 9.68. The number of benzene rings is 1. The minimum atomic E-state index is 0.822. The molecule has 1 aromatic carbocycles. The second kappa shape index (κ2) is 10.1. The van der Waals surface area contributed by atoms with Gasteiger partial charge >= 0.3 is 0 Å². The highest BCUT2D eigenvalue weighted by atomic mass is 14.4. The highest BCUT2D eigenvalue weighted by Gasteiger charge is 2.30. The van der Waals surface area contributed by atoms with Crippen molar-refractivity contribution in [1.82, 2.24) is 0 Å². The van der Waals surface area contributed by atoms with Gasteiger partial charge in [-0.15, -0.1) is 0 Å². The fraction of sp³-hybridized carbons (Fsp3) is 0.615. The van der Waals surface area contributed by atoms with Crippen molar-refractivity contribution in [3.8, 4) is 0 Å². The Bertz CT molecular complexity index is 561. The zero-order valence-corrected chi connectivity index (χ0v) is 17.0. The van der Waals surface area contributed by atoms with E-state index in [1.54, 1.807) is 5.56 Å². The summed E-state index contributed by atoms with van der Waals surface area (Å²) < 4.78 is 0. The van der Waals surface area contributed by atoms with Gasteiger partial charge in [-0.05, 0) is 107 Å². The van der Waals surface area contributed by atoms with E-state index in [2.05, 4.69) is 62.4 Å². The maximum atomic E-state index is 2.52. The van der Waals surface area contributed by atoms with Crippen LogP contribution in [-0.2, 0) is 0 Å². The van der Waals surface area contributed by atoms with Crippen LogP contribution in [0.1, 0.15) is 88.2 Å². The number of hydrogen-bond donors (Lipinski definition) is 0. The summed E-state index contributed by atoms with van der Waals surface area (Å²) in [6, 6.07) is 9.31. The van der Waals surface area contributed by atoms with Crippen LogP contribution in [0.15, 0.2) is 48.6 Å². The van der Waals surface area contributed by atoms with Crippen LogP contribution in [0.5, 0.6) is 0 Å². The second-order valence-electron chi connectivity index (χ2n) is 8.77. The average Bonchev–Trinajstić information content (AvgIpc) is 2.69. The molecule has 2 fully saturated rings. The van der Waals surface area contributed by atoms with Crippen LogP contribution in [0.3, 0.4) is 0 Å². The third-order valence-corrected chi connectivity index (χ3v) is 6.95. The normalized spacial score (nSPS) is 30.2. The predicted octanol–water partition coefficient (Wildman–Crippen LogP) is 7.99. The Balaban J connectivity index is 1.39. The molecule has 0 heteroatoms. The first-order valence-corrected chi connectivity index (χ1v) is 11.1. The molecule has 0 bridgehead atoms. The van der Waals surface area contributed by atoms with E-state index in [4.69, 9.17) is 0 Å². The minimum Gasteiger partial charge on any atom is -0.0917 e. The van der Waals surface area contributed by atoms with Gasteiger partial charge in [0.1, 0.15) is 0 Å². The van der Waals surface area contributed by atoms with Crippen LogP contribution in [-0.4, -0.2) is 0 Å². The molecule has 2 saturated carbocycles. The van der Waals surface area contributed by atoms with Crippen molar-refractivity contribution in [2.75, 3.05) is 0 Å². The van der Waals surface area contributed by atoms with E-state index in [0.29, 0.717) is 0 Å². The third kappa shape index (κ3) is 5.60. The molecule has 0 atom stereocenters. The summed E-state index contributed by atoms with van der Waals surface area (Å²) in [7, 11) is 0. The SMILES string of the molecule is C/C=C/CC/C=C/C1CCC(C2CCC(c3ccc(C)cc3)CC2)CC1. The molecule has 0 aliphatic heterocycles. The van der Waals surface area contributed by atoms with Gasteiger partial charge in [0.05, 0.1) is 0 Å². The molecule has 0 N–H and O–H groups in total. The molecule has 1 aromatic rings. The van der Waals surface area contributed by atoms with E-state index in [1.807, 2.05) is 0 Å². The number of unbranched alkanes of at least 4 members (excludes halogenated alkanes) is 1. The fourth-order valence-electron chi connectivity index (χ4n) is 5.22. The summed E-state index contributed by atoms with van der Waals surface area (Å²) >= 11 is 0. The van der Waals surface area contributed by atoms with Gasteiger partial charge in [-0.1, -0.05) is 54.1 Å². The van der Waals surface area contributed by atoms with E-state index in [0.717, 1.165) is 23.7 Å². The smallest absolute Gasteiger partial charge is 0.0162 e. The van der Waals surface area contributed by atoms with Gasteiger partial charge in [-0.25, -0.2) is 0 Å². The lowest BCUT2D eigenvalue weighted by molar-refractivity contribution is 0.171. The third-order valence-electron chi connectivity index (χ3n) is 6.95. The molecule has 0 spiro atoms. The summed E-state index contributed by atoms with van der Waals surface area (Å²) in [6.45, 7) is 4.30. The average molecular weight is 351 g/mol. The van der Waals surface area contributed by atoms with Crippen molar-refractivity contribution in [3.05, 3.63) is 59.7 Å². The molecule has 2 aliphatic carbocycles. The van der Waals surface area contributed by atoms with Gasteiger partial charge < -0.3 is 0 Å². The summed E-state index contributed by atoms with van der Waals surface area (Å²) in [5, 5.41) is 0. The van der Waals surface area contributed by atoms with E-state index in [-0.39, 0.29) is 0 Å². The van der Waals surface area contributed by atoms with Crippen LogP contribution in [0, 0.1) is 24.7 Å². The molecule has 0 amide bonds. The maximum Gasteiger partial charge on any atom is -0.0162 e. The molecular weight excluding hydrogens is 312 g/mol. The van der Waals surface area contributed by atoms with E-state index < -0.39 is 0 Å². The molecule has 2 aliphatic rings. The Morgan fingerprint density at radius 1 is 0.769 bits per heavy atom. The van der Waals surface area contributed by atoms with Crippen LogP contribution in [0.25, 0.3) is 0 Å². The van der Waals surface area contributed by atoms with Crippen LogP contribution >= 0.6 is 0 Å². The van der Waals surface area contributed by atoms with Crippen molar-refractivity contribution in [3.63, 3.8) is 0 Å². The van der Waals surface area contributed by atoms with Crippen molar-refractivity contribution >= 4 is 0 Å². The topological polar surface area (TPSA) is 0 Å². The standard InChI is InChI=1S/C26H38/c1-3-4-5-6-7-8-22-11-15-24(16-12-22)26-19-17-25(18-20-26)23-13-9-21(2)10-14-23/h3-4,7-10,13-14,22,24-26H,5-6,11-12,15-20H2,1-2H3/b4-3+,8-7+. The highest BCUT2D eigenvalue weighted by molar-refractivity contribution is 5.24. The monoisotopic (exact) mass is 350 g/mol. The second-order valence-corrected chi connectivity index (χ2v) is 8.77. The summed E-state index contributed by atoms with van der Waals surface area (Å²) in [4.78, 5) is 0. The van der Waals surface area contributed by atoms with Crippen molar-refractivity contribution in [1.29, 1.82) is 0 Å². The van der Waals surface area contributed by atoms with Gasteiger partial charge in [0.15, 0.2) is 0 Å². The molecular formula is C26H38. The molecule has 26 heavy (non-hydrogen) atoms. The zero-order valence-electron chi connectivity index (χ0n) is 17.0. The predicted molar refractivity (Wildman–Crippen MR) is 115 cm³/mol. The number of allylic oxidation sites excluding steroid dienone is 4. The van der Waals surface area contributed by atoms with Gasteiger partial charge in [-0.3, -0.25) is 0 Å². The number of rotatable bonds is 6. The maximum absolute atomic E-state index is 2.52. The van der Waals surface area contributed by atoms with Crippen LogP contribution < -0.4 is 0 Å². The lowest BCUT2D eigenvalue weighted by Gasteiger charge is -2.37. The van der Waals surface area contributed by atoms with E-state index >= 15 is 0 Å².